The van der Waals surface area contributed by atoms with Gasteiger partial charge >= 0.3 is 0 Å². The van der Waals surface area contributed by atoms with Crippen LogP contribution in [-0.2, 0) is 6.54 Å². The van der Waals surface area contributed by atoms with Crippen LogP contribution in [0.4, 0.5) is 5.82 Å². The lowest BCUT2D eigenvalue weighted by molar-refractivity contribution is 0.655. The van der Waals surface area contributed by atoms with E-state index in [1.165, 1.54) is 0 Å². The summed E-state index contributed by atoms with van der Waals surface area (Å²) in [7, 11) is 0. The van der Waals surface area contributed by atoms with Crippen LogP contribution >= 0.6 is 0 Å². The fraction of sp³-hybridized carbons (Fsp3) is 0.300. The van der Waals surface area contributed by atoms with Gasteiger partial charge in [0.05, 0.1) is 6.54 Å². The van der Waals surface area contributed by atoms with Crippen molar-refractivity contribution in [3.05, 3.63) is 35.5 Å². The average Bonchev–Trinajstić information content (AvgIpc) is 2.58. The number of nitrogen functional groups attached to an aromatic ring is 1. The van der Waals surface area contributed by atoms with Crippen LogP contribution in [0.1, 0.15) is 17.2 Å². The van der Waals surface area contributed by atoms with Gasteiger partial charge in [0.2, 0.25) is 0 Å². The van der Waals surface area contributed by atoms with Crippen molar-refractivity contribution >= 4 is 5.82 Å². The topological polar surface area (TPSA) is 81.7 Å². The molecule has 0 amide bonds. The molecule has 6 nitrogen and oxygen atoms in total. The minimum atomic E-state index is 0.611. The molecule has 0 fully saturated rings. The Morgan fingerprint density at radius 1 is 1.44 bits per heavy atom. The van der Waals surface area contributed by atoms with Crippen molar-refractivity contribution < 1.29 is 0 Å². The summed E-state index contributed by atoms with van der Waals surface area (Å²) in [6.07, 6.45) is 1.69. The van der Waals surface area contributed by atoms with Gasteiger partial charge in [0.25, 0.3) is 0 Å². The van der Waals surface area contributed by atoms with Gasteiger partial charge in [-0.2, -0.15) is 5.10 Å². The van der Waals surface area contributed by atoms with Gasteiger partial charge in [-0.05, 0) is 19.9 Å². The summed E-state index contributed by atoms with van der Waals surface area (Å²) in [5, 5.41) is 4.29. The number of aryl methyl sites for hydroxylation is 2. The Kier molecular flexibility index (Phi) is 2.82. The average molecular weight is 218 g/mol. The first-order valence-corrected chi connectivity index (χ1v) is 4.99. The predicted molar refractivity (Wildman–Crippen MR) is 60.6 cm³/mol. The molecule has 2 aromatic heterocycles. The molecule has 0 saturated heterocycles. The van der Waals surface area contributed by atoms with Crippen LogP contribution in [0, 0.1) is 13.8 Å². The number of pyridine rings is 1. The molecule has 2 aromatic rings. The van der Waals surface area contributed by atoms with E-state index >= 15 is 0 Å². The molecule has 0 radical (unpaired) electrons. The number of nitrogens with zero attached hydrogens (tertiary/aromatic N) is 4. The molecule has 6 heteroatoms. The Labute approximate surface area is 93.5 Å². The molecule has 84 valence electrons. The first kappa shape index (κ1) is 10.6. The zero-order chi connectivity index (χ0) is 11.5. The van der Waals surface area contributed by atoms with Crippen molar-refractivity contribution in [3.8, 4) is 0 Å². The zero-order valence-electron chi connectivity index (χ0n) is 9.31. The number of anilines is 1. The molecule has 0 aliphatic carbocycles. The molecule has 3 N–H and O–H groups in total. The van der Waals surface area contributed by atoms with Crippen molar-refractivity contribution in [2.24, 2.45) is 5.84 Å². The molecule has 0 spiro atoms. The maximum Gasteiger partial charge on any atom is 0.147 e. The molecule has 0 aromatic carbocycles. The predicted octanol–water partition coefficient (Wildman–Crippen LogP) is 0.624. The monoisotopic (exact) mass is 218 g/mol. The smallest absolute Gasteiger partial charge is 0.147 e. The summed E-state index contributed by atoms with van der Waals surface area (Å²) in [6, 6.07) is 3.83. The molecule has 0 aliphatic heterocycles. The Bertz CT molecular complexity index is 490. The van der Waals surface area contributed by atoms with Gasteiger partial charge in [-0.25, -0.2) is 20.5 Å². The van der Waals surface area contributed by atoms with Crippen LogP contribution in [0.2, 0.25) is 0 Å². The van der Waals surface area contributed by atoms with E-state index < -0.39 is 0 Å². The minimum absolute atomic E-state index is 0.611. The molecular weight excluding hydrogens is 204 g/mol. The normalized spacial score (nSPS) is 10.4. The number of hydrogen-bond donors (Lipinski definition) is 2. The molecular formula is C10H14N6. The summed E-state index contributed by atoms with van der Waals surface area (Å²) in [4.78, 5) is 8.37. The number of rotatable bonds is 3. The zero-order valence-corrected chi connectivity index (χ0v) is 9.31. The van der Waals surface area contributed by atoms with Crippen LogP contribution < -0.4 is 11.3 Å². The first-order chi connectivity index (χ1) is 7.70. The van der Waals surface area contributed by atoms with E-state index in [0.29, 0.717) is 12.4 Å². The van der Waals surface area contributed by atoms with Crippen LogP contribution in [0.5, 0.6) is 0 Å². The number of nitrogens with two attached hydrogens (primary N) is 1. The quantitative estimate of drug-likeness (QED) is 0.583. The largest absolute Gasteiger partial charge is 0.308 e. The fourth-order valence-electron chi connectivity index (χ4n) is 1.57. The lowest BCUT2D eigenvalue weighted by Gasteiger charge is -2.07. The summed E-state index contributed by atoms with van der Waals surface area (Å²) < 4.78 is 1.83. The molecule has 16 heavy (non-hydrogen) atoms. The minimum Gasteiger partial charge on any atom is -0.308 e. The summed E-state index contributed by atoms with van der Waals surface area (Å²) in [6.45, 7) is 4.40. The van der Waals surface area contributed by atoms with Crippen molar-refractivity contribution in [2.75, 3.05) is 5.43 Å². The Hall–Kier alpha value is -1.95. The highest BCUT2D eigenvalue weighted by Crippen LogP contribution is 2.12. The Morgan fingerprint density at radius 3 is 2.88 bits per heavy atom. The molecule has 0 unspecified atom stereocenters. The maximum atomic E-state index is 5.39. The lowest BCUT2D eigenvalue weighted by atomic mass is 10.2. The van der Waals surface area contributed by atoms with E-state index in [4.69, 9.17) is 5.84 Å². The number of aromatic nitrogens is 4. The number of nitrogens with one attached hydrogen (secondary N) is 1. The van der Waals surface area contributed by atoms with Crippen LogP contribution in [0.3, 0.4) is 0 Å². The van der Waals surface area contributed by atoms with Gasteiger partial charge in [0.15, 0.2) is 0 Å². The number of hydrazine groups is 1. The highest BCUT2D eigenvalue weighted by Gasteiger charge is 2.06. The first-order valence-electron chi connectivity index (χ1n) is 4.99. The second kappa shape index (κ2) is 4.28. The van der Waals surface area contributed by atoms with Gasteiger partial charge in [0.1, 0.15) is 17.5 Å². The van der Waals surface area contributed by atoms with Gasteiger partial charge < -0.3 is 5.43 Å². The lowest BCUT2D eigenvalue weighted by Crippen LogP contribution is -2.13. The third-order valence-electron chi connectivity index (χ3n) is 2.31. The molecule has 0 aliphatic rings. The van der Waals surface area contributed by atoms with Crippen molar-refractivity contribution in [1.82, 2.24) is 19.7 Å². The Balaban J connectivity index is 2.30. The molecule has 2 rings (SSSR count). The van der Waals surface area contributed by atoms with Gasteiger partial charge in [-0.15, -0.1) is 0 Å². The van der Waals surface area contributed by atoms with Crippen LogP contribution in [-0.4, -0.2) is 19.7 Å². The van der Waals surface area contributed by atoms with E-state index in [2.05, 4.69) is 20.5 Å². The van der Waals surface area contributed by atoms with E-state index in [1.807, 2.05) is 30.7 Å². The Morgan fingerprint density at radius 2 is 2.25 bits per heavy atom. The van der Waals surface area contributed by atoms with E-state index in [9.17, 15) is 0 Å². The maximum absolute atomic E-state index is 5.39. The van der Waals surface area contributed by atoms with Crippen molar-refractivity contribution in [1.29, 1.82) is 0 Å². The van der Waals surface area contributed by atoms with Crippen LogP contribution in [0.25, 0.3) is 0 Å². The van der Waals surface area contributed by atoms with Crippen molar-refractivity contribution in [3.63, 3.8) is 0 Å². The van der Waals surface area contributed by atoms with Gasteiger partial charge in [0, 0.05) is 11.8 Å². The summed E-state index contributed by atoms with van der Waals surface area (Å²) in [5.74, 6) is 7.70. The third kappa shape index (κ3) is 2.01. The fourth-order valence-corrected chi connectivity index (χ4v) is 1.57. The molecule has 0 saturated carbocycles. The van der Waals surface area contributed by atoms with E-state index in [-0.39, 0.29) is 0 Å². The molecule has 0 atom stereocenters. The molecule has 0 bridgehead atoms. The van der Waals surface area contributed by atoms with Crippen LogP contribution in [0.15, 0.2) is 18.3 Å². The van der Waals surface area contributed by atoms with E-state index in [0.717, 1.165) is 17.2 Å². The SMILES string of the molecule is Cc1nc(C)n(Cc2cccnc2NN)n1. The highest BCUT2D eigenvalue weighted by molar-refractivity contribution is 5.42. The number of hydrogen-bond acceptors (Lipinski definition) is 5. The second-order valence-electron chi connectivity index (χ2n) is 3.52. The second-order valence-corrected chi connectivity index (χ2v) is 3.52. The van der Waals surface area contributed by atoms with Crippen molar-refractivity contribution in [2.45, 2.75) is 20.4 Å². The summed E-state index contributed by atoms with van der Waals surface area (Å²) in [5.41, 5.74) is 3.55. The van der Waals surface area contributed by atoms with Gasteiger partial charge in [-0.1, -0.05) is 6.07 Å². The standard InChI is InChI=1S/C10H14N6/c1-7-13-8(2)16(15-7)6-9-4-3-5-12-10(9)14-11/h3-5H,6,11H2,1-2H3,(H,12,14). The van der Waals surface area contributed by atoms with Gasteiger partial charge in [-0.3, -0.25) is 0 Å². The van der Waals surface area contributed by atoms with E-state index in [1.54, 1.807) is 6.20 Å². The molecule has 2 heterocycles. The third-order valence-corrected chi connectivity index (χ3v) is 2.31. The highest BCUT2D eigenvalue weighted by atomic mass is 15.3. The summed E-state index contributed by atoms with van der Waals surface area (Å²) >= 11 is 0.